The number of rotatable bonds is 1. The molecule has 4 heteroatoms. The SMILES string of the molecule is Cc1ccc(-c2[nH]n3c(=O)c4ccccc4nc3c2C)cc1. The number of nitrogens with zero attached hydrogens (tertiary/aromatic N) is 2. The van der Waals surface area contributed by atoms with Crippen molar-refractivity contribution in [3.63, 3.8) is 0 Å². The molecule has 4 nitrogen and oxygen atoms in total. The molecule has 2 heterocycles. The average molecular weight is 289 g/mol. The zero-order chi connectivity index (χ0) is 15.3. The molecule has 1 N–H and O–H groups in total. The van der Waals surface area contributed by atoms with Gasteiger partial charge in [-0.25, -0.2) is 9.50 Å². The molecule has 0 aliphatic rings. The predicted octanol–water partition coefficient (Wildman–Crippen LogP) is 3.46. The number of aryl methyl sites for hydroxylation is 2. The number of hydrogen-bond acceptors (Lipinski definition) is 2. The van der Waals surface area contributed by atoms with Crippen molar-refractivity contribution >= 4 is 16.6 Å². The van der Waals surface area contributed by atoms with Crippen molar-refractivity contribution < 1.29 is 0 Å². The molecule has 22 heavy (non-hydrogen) atoms. The summed E-state index contributed by atoms with van der Waals surface area (Å²) in [6.45, 7) is 4.04. The Morgan fingerprint density at radius 3 is 2.50 bits per heavy atom. The topological polar surface area (TPSA) is 50.2 Å². The summed E-state index contributed by atoms with van der Waals surface area (Å²) in [6.07, 6.45) is 0. The molecule has 0 saturated carbocycles. The molecule has 0 unspecified atom stereocenters. The van der Waals surface area contributed by atoms with E-state index in [1.807, 2.05) is 25.1 Å². The second-order valence-corrected chi connectivity index (χ2v) is 5.57. The Morgan fingerprint density at radius 2 is 1.73 bits per heavy atom. The fourth-order valence-electron chi connectivity index (χ4n) is 2.80. The Bertz CT molecular complexity index is 1060. The molecular weight excluding hydrogens is 274 g/mol. The van der Waals surface area contributed by atoms with Gasteiger partial charge in [0.1, 0.15) is 0 Å². The Hall–Kier alpha value is -2.88. The zero-order valence-corrected chi connectivity index (χ0v) is 12.4. The van der Waals surface area contributed by atoms with E-state index in [9.17, 15) is 4.79 Å². The summed E-state index contributed by atoms with van der Waals surface area (Å²) in [5.74, 6) is 0. The van der Waals surface area contributed by atoms with Gasteiger partial charge in [-0.15, -0.1) is 0 Å². The van der Waals surface area contributed by atoms with Crippen LogP contribution in [0, 0.1) is 13.8 Å². The van der Waals surface area contributed by atoms with Crippen molar-refractivity contribution in [2.75, 3.05) is 0 Å². The van der Waals surface area contributed by atoms with E-state index in [0.717, 1.165) is 22.3 Å². The first-order valence-electron chi connectivity index (χ1n) is 7.22. The van der Waals surface area contributed by atoms with Gasteiger partial charge >= 0.3 is 0 Å². The lowest BCUT2D eigenvalue weighted by Crippen LogP contribution is -2.15. The zero-order valence-electron chi connectivity index (χ0n) is 12.4. The molecule has 0 radical (unpaired) electrons. The molecule has 0 spiro atoms. The molecule has 108 valence electrons. The molecule has 4 aromatic rings. The summed E-state index contributed by atoms with van der Waals surface area (Å²) in [5, 5.41) is 3.82. The third-order valence-corrected chi connectivity index (χ3v) is 4.05. The molecule has 4 rings (SSSR count). The van der Waals surface area contributed by atoms with E-state index in [-0.39, 0.29) is 5.56 Å². The maximum absolute atomic E-state index is 12.6. The van der Waals surface area contributed by atoms with Gasteiger partial charge in [0.05, 0.1) is 16.6 Å². The fraction of sp³-hybridized carbons (Fsp3) is 0.111. The van der Waals surface area contributed by atoms with E-state index in [0.29, 0.717) is 11.0 Å². The normalized spacial score (nSPS) is 11.4. The first-order chi connectivity index (χ1) is 10.6. The summed E-state index contributed by atoms with van der Waals surface area (Å²) in [5.41, 5.74) is 5.51. The second kappa shape index (κ2) is 4.56. The standard InChI is InChI=1S/C18H15N3O/c1-11-7-9-13(10-8-11)16-12(2)17-19-15-6-4-3-5-14(15)18(22)21(17)20-16/h3-10,20H,1-2H3. The minimum atomic E-state index is -0.0675. The molecule has 0 aliphatic carbocycles. The van der Waals surface area contributed by atoms with E-state index in [4.69, 9.17) is 0 Å². The van der Waals surface area contributed by atoms with E-state index >= 15 is 0 Å². The van der Waals surface area contributed by atoms with Crippen LogP contribution in [-0.2, 0) is 0 Å². The summed E-state index contributed by atoms with van der Waals surface area (Å²) in [4.78, 5) is 17.3. The van der Waals surface area contributed by atoms with Gasteiger partial charge < -0.3 is 0 Å². The Labute approximate surface area is 127 Å². The number of hydrogen-bond donors (Lipinski definition) is 1. The summed E-state index contributed by atoms with van der Waals surface area (Å²) >= 11 is 0. The van der Waals surface area contributed by atoms with Crippen LogP contribution in [0.4, 0.5) is 0 Å². The Kier molecular flexibility index (Phi) is 2.66. The van der Waals surface area contributed by atoms with E-state index in [1.54, 1.807) is 6.07 Å². The highest BCUT2D eigenvalue weighted by Gasteiger charge is 2.14. The maximum Gasteiger partial charge on any atom is 0.280 e. The van der Waals surface area contributed by atoms with Crippen LogP contribution in [-0.4, -0.2) is 14.6 Å². The third kappa shape index (κ3) is 1.77. The van der Waals surface area contributed by atoms with Gasteiger partial charge in [-0.3, -0.25) is 9.89 Å². The molecule has 0 amide bonds. The van der Waals surface area contributed by atoms with Gasteiger partial charge in [-0.2, -0.15) is 0 Å². The number of aromatic amines is 1. The lowest BCUT2D eigenvalue weighted by molar-refractivity contribution is 0.919. The summed E-state index contributed by atoms with van der Waals surface area (Å²) < 4.78 is 1.53. The van der Waals surface area contributed by atoms with Crippen molar-refractivity contribution in [3.8, 4) is 11.3 Å². The smallest absolute Gasteiger partial charge is 0.280 e. The van der Waals surface area contributed by atoms with Crippen LogP contribution in [0.5, 0.6) is 0 Å². The lowest BCUT2D eigenvalue weighted by atomic mass is 10.1. The average Bonchev–Trinajstić information content (AvgIpc) is 2.86. The van der Waals surface area contributed by atoms with Gasteiger partial charge in [-0.05, 0) is 31.5 Å². The highest BCUT2D eigenvalue weighted by atomic mass is 16.1. The van der Waals surface area contributed by atoms with Gasteiger partial charge in [0.15, 0.2) is 5.65 Å². The predicted molar refractivity (Wildman–Crippen MR) is 88.2 cm³/mol. The molecular formula is C18H15N3O. The Morgan fingerprint density at radius 1 is 1.00 bits per heavy atom. The quantitative estimate of drug-likeness (QED) is 0.583. The first kappa shape index (κ1) is 12.8. The van der Waals surface area contributed by atoms with Gasteiger partial charge in [0.2, 0.25) is 0 Å². The molecule has 0 saturated heterocycles. The van der Waals surface area contributed by atoms with E-state index in [1.165, 1.54) is 10.1 Å². The molecule has 0 aliphatic heterocycles. The van der Waals surface area contributed by atoms with Gasteiger partial charge in [-0.1, -0.05) is 42.0 Å². The molecule has 0 bridgehead atoms. The minimum absolute atomic E-state index is 0.0675. The number of para-hydroxylation sites is 1. The van der Waals surface area contributed by atoms with Crippen molar-refractivity contribution in [1.82, 2.24) is 14.6 Å². The first-order valence-corrected chi connectivity index (χ1v) is 7.22. The van der Waals surface area contributed by atoms with Crippen LogP contribution >= 0.6 is 0 Å². The van der Waals surface area contributed by atoms with Gasteiger partial charge in [0, 0.05) is 5.56 Å². The molecule has 2 aromatic carbocycles. The van der Waals surface area contributed by atoms with Crippen molar-refractivity contribution in [2.24, 2.45) is 0 Å². The number of benzene rings is 2. The van der Waals surface area contributed by atoms with Crippen LogP contribution in [0.2, 0.25) is 0 Å². The number of fused-ring (bicyclic) bond motifs is 2. The summed E-state index contributed by atoms with van der Waals surface area (Å²) in [7, 11) is 0. The largest absolute Gasteiger partial charge is 0.289 e. The van der Waals surface area contributed by atoms with Crippen LogP contribution in [0.3, 0.4) is 0 Å². The fourth-order valence-corrected chi connectivity index (χ4v) is 2.80. The highest BCUT2D eigenvalue weighted by molar-refractivity contribution is 5.81. The third-order valence-electron chi connectivity index (χ3n) is 4.05. The Balaban J connectivity index is 2.08. The number of aromatic nitrogens is 3. The highest BCUT2D eigenvalue weighted by Crippen LogP contribution is 2.24. The van der Waals surface area contributed by atoms with Crippen LogP contribution < -0.4 is 5.56 Å². The van der Waals surface area contributed by atoms with Gasteiger partial charge in [0.25, 0.3) is 5.56 Å². The van der Waals surface area contributed by atoms with Crippen molar-refractivity contribution in [3.05, 3.63) is 70.0 Å². The second-order valence-electron chi connectivity index (χ2n) is 5.57. The van der Waals surface area contributed by atoms with Crippen LogP contribution in [0.1, 0.15) is 11.1 Å². The molecule has 0 atom stereocenters. The van der Waals surface area contributed by atoms with E-state index in [2.05, 4.69) is 41.3 Å². The summed E-state index contributed by atoms with van der Waals surface area (Å²) in [6, 6.07) is 15.7. The monoisotopic (exact) mass is 289 g/mol. The maximum atomic E-state index is 12.6. The molecule has 0 fully saturated rings. The van der Waals surface area contributed by atoms with E-state index < -0.39 is 0 Å². The van der Waals surface area contributed by atoms with Crippen molar-refractivity contribution in [2.45, 2.75) is 13.8 Å². The van der Waals surface area contributed by atoms with Crippen molar-refractivity contribution in [1.29, 1.82) is 0 Å². The van der Waals surface area contributed by atoms with Crippen LogP contribution in [0.25, 0.3) is 27.8 Å². The molecule has 2 aromatic heterocycles. The lowest BCUT2D eigenvalue weighted by Gasteiger charge is -1.99. The number of nitrogens with one attached hydrogen (secondary N) is 1. The van der Waals surface area contributed by atoms with Crippen LogP contribution in [0.15, 0.2) is 53.3 Å². The minimum Gasteiger partial charge on any atom is -0.289 e. The number of H-pyrrole nitrogens is 1.